The molecule has 1 aliphatic carbocycles. The fourth-order valence-electron chi connectivity index (χ4n) is 3.61. The van der Waals surface area contributed by atoms with Crippen molar-refractivity contribution in [2.75, 3.05) is 26.1 Å². The van der Waals surface area contributed by atoms with Gasteiger partial charge in [0.15, 0.2) is 11.5 Å². The summed E-state index contributed by atoms with van der Waals surface area (Å²) in [4.78, 5) is 14.2. The highest BCUT2D eigenvalue weighted by molar-refractivity contribution is 5.94. The van der Waals surface area contributed by atoms with Crippen molar-refractivity contribution in [3.63, 3.8) is 0 Å². The van der Waals surface area contributed by atoms with Gasteiger partial charge in [-0.25, -0.2) is 4.39 Å². The largest absolute Gasteiger partial charge is 0.493 e. The number of carbonyl (C=O) groups is 1. The summed E-state index contributed by atoms with van der Waals surface area (Å²) in [5, 5.41) is 2.92. The van der Waals surface area contributed by atoms with Gasteiger partial charge in [-0.1, -0.05) is 6.07 Å². The van der Waals surface area contributed by atoms with Crippen molar-refractivity contribution < 1.29 is 18.7 Å². The summed E-state index contributed by atoms with van der Waals surface area (Å²) < 4.78 is 25.7. The minimum Gasteiger partial charge on any atom is -0.493 e. The molecule has 1 unspecified atom stereocenters. The molecule has 1 saturated carbocycles. The Hall–Kier alpha value is -2.76. The number of halogens is 1. The van der Waals surface area contributed by atoms with E-state index in [1.54, 1.807) is 38.2 Å². The van der Waals surface area contributed by atoms with E-state index in [0.29, 0.717) is 11.4 Å². The van der Waals surface area contributed by atoms with Crippen LogP contribution >= 0.6 is 0 Å². The minimum absolute atomic E-state index is 0.243. The van der Waals surface area contributed by atoms with E-state index >= 15 is 0 Å². The zero-order valence-corrected chi connectivity index (χ0v) is 17.5. The van der Waals surface area contributed by atoms with Gasteiger partial charge in [0.25, 0.3) is 5.91 Å². The highest BCUT2D eigenvalue weighted by Gasteiger charge is 2.20. The molecule has 3 rings (SSSR count). The Labute approximate surface area is 171 Å². The maximum atomic E-state index is 14.2. The van der Waals surface area contributed by atoms with Gasteiger partial charge in [-0.3, -0.25) is 4.79 Å². The number of nitrogens with zero attached hydrogens (tertiary/aromatic N) is 1. The van der Waals surface area contributed by atoms with Crippen LogP contribution in [0.2, 0.25) is 0 Å². The summed E-state index contributed by atoms with van der Waals surface area (Å²) in [7, 11) is 5.13. The summed E-state index contributed by atoms with van der Waals surface area (Å²) in [6, 6.07) is 9.91. The third-order valence-electron chi connectivity index (χ3n) is 5.32. The van der Waals surface area contributed by atoms with Crippen LogP contribution in [-0.4, -0.2) is 33.2 Å². The Kier molecular flexibility index (Phi) is 6.62. The normalized spacial score (nSPS) is 15.1. The number of rotatable bonds is 7. The van der Waals surface area contributed by atoms with Gasteiger partial charge in [0, 0.05) is 19.7 Å². The first-order valence-electron chi connectivity index (χ1n) is 10.0. The predicted octanol–water partition coefficient (Wildman–Crippen LogP) is 4.71. The number of amides is 1. The van der Waals surface area contributed by atoms with E-state index in [-0.39, 0.29) is 23.6 Å². The molecule has 2 aromatic carbocycles. The molecule has 6 heteroatoms. The second kappa shape index (κ2) is 9.16. The van der Waals surface area contributed by atoms with Gasteiger partial charge in [0.1, 0.15) is 5.82 Å². The van der Waals surface area contributed by atoms with Crippen molar-refractivity contribution in [1.82, 2.24) is 5.32 Å². The van der Waals surface area contributed by atoms with E-state index < -0.39 is 5.82 Å². The van der Waals surface area contributed by atoms with Crippen molar-refractivity contribution in [3.05, 3.63) is 53.3 Å². The number of hydrogen-bond donors (Lipinski definition) is 1. The molecule has 0 aromatic heterocycles. The zero-order chi connectivity index (χ0) is 21.0. The first-order valence-corrected chi connectivity index (χ1v) is 10.0. The number of hydrogen-bond acceptors (Lipinski definition) is 4. The van der Waals surface area contributed by atoms with Gasteiger partial charge in [0.2, 0.25) is 0 Å². The van der Waals surface area contributed by atoms with Gasteiger partial charge in [-0.15, -0.1) is 0 Å². The van der Waals surface area contributed by atoms with Crippen LogP contribution in [0, 0.1) is 5.82 Å². The molecule has 0 heterocycles. The standard InChI is InChI=1S/C23H29FN2O3/c1-15(25-23(27)17-9-11-20(26(2)3)19(24)13-17)16-10-12-21(22(14-16)28-4)29-18-7-5-6-8-18/h9-15,18H,5-8H2,1-4H3,(H,25,27). The van der Waals surface area contributed by atoms with E-state index in [1.807, 2.05) is 25.1 Å². The maximum absolute atomic E-state index is 14.2. The number of carbonyl (C=O) groups excluding carboxylic acids is 1. The van der Waals surface area contributed by atoms with Gasteiger partial charge < -0.3 is 19.7 Å². The SMILES string of the molecule is COc1cc(C(C)NC(=O)c2ccc(N(C)C)c(F)c2)ccc1OC1CCCC1. The summed E-state index contributed by atoms with van der Waals surface area (Å²) in [5.41, 5.74) is 1.62. The lowest BCUT2D eigenvalue weighted by molar-refractivity contribution is 0.0939. The monoisotopic (exact) mass is 400 g/mol. The second-order valence-electron chi connectivity index (χ2n) is 7.69. The number of anilines is 1. The topological polar surface area (TPSA) is 50.8 Å². The van der Waals surface area contributed by atoms with Gasteiger partial charge in [-0.05, 0) is 68.5 Å². The summed E-state index contributed by atoms with van der Waals surface area (Å²) >= 11 is 0. The molecule has 0 aliphatic heterocycles. The highest BCUT2D eigenvalue weighted by atomic mass is 19.1. The molecule has 0 bridgehead atoms. The molecule has 1 amide bonds. The molecule has 156 valence electrons. The van der Waals surface area contributed by atoms with E-state index in [2.05, 4.69) is 5.32 Å². The number of benzene rings is 2. The van der Waals surface area contributed by atoms with E-state index in [4.69, 9.17) is 9.47 Å². The average Bonchev–Trinajstić information content (AvgIpc) is 3.20. The van der Waals surface area contributed by atoms with Crippen molar-refractivity contribution in [1.29, 1.82) is 0 Å². The van der Waals surface area contributed by atoms with Gasteiger partial charge in [0.05, 0.1) is 24.9 Å². The molecular formula is C23H29FN2O3. The van der Waals surface area contributed by atoms with Crippen molar-refractivity contribution in [2.24, 2.45) is 0 Å². The number of nitrogens with one attached hydrogen (secondary N) is 1. The Morgan fingerprint density at radius 2 is 1.86 bits per heavy atom. The van der Waals surface area contributed by atoms with Crippen molar-refractivity contribution in [2.45, 2.75) is 44.8 Å². The molecule has 1 N–H and O–H groups in total. The van der Waals surface area contributed by atoms with Crippen LogP contribution in [-0.2, 0) is 0 Å². The molecule has 1 fully saturated rings. The van der Waals surface area contributed by atoms with Gasteiger partial charge >= 0.3 is 0 Å². The van der Waals surface area contributed by atoms with Crippen molar-refractivity contribution in [3.8, 4) is 11.5 Å². The van der Waals surface area contributed by atoms with E-state index in [9.17, 15) is 9.18 Å². The van der Waals surface area contributed by atoms with Crippen LogP contribution in [0.4, 0.5) is 10.1 Å². The molecule has 5 nitrogen and oxygen atoms in total. The third kappa shape index (κ3) is 5.00. The summed E-state index contributed by atoms with van der Waals surface area (Å²) in [6.07, 6.45) is 4.78. The molecule has 0 saturated heterocycles. The van der Waals surface area contributed by atoms with Crippen LogP contribution < -0.4 is 19.7 Å². The van der Waals surface area contributed by atoms with Gasteiger partial charge in [-0.2, -0.15) is 0 Å². The fourth-order valence-corrected chi connectivity index (χ4v) is 3.61. The van der Waals surface area contributed by atoms with Crippen LogP contribution in [0.5, 0.6) is 11.5 Å². The predicted molar refractivity (Wildman–Crippen MR) is 112 cm³/mol. The molecule has 1 atom stereocenters. The Morgan fingerprint density at radius 3 is 2.48 bits per heavy atom. The second-order valence-corrected chi connectivity index (χ2v) is 7.69. The smallest absolute Gasteiger partial charge is 0.251 e. The summed E-state index contributed by atoms with van der Waals surface area (Å²) in [5.74, 6) is 0.622. The lowest BCUT2D eigenvalue weighted by Crippen LogP contribution is -2.27. The van der Waals surface area contributed by atoms with E-state index in [0.717, 1.165) is 24.2 Å². The van der Waals surface area contributed by atoms with E-state index in [1.165, 1.54) is 18.9 Å². The Bertz CT molecular complexity index is 863. The van der Waals surface area contributed by atoms with Crippen LogP contribution in [0.25, 0.3) is 0 Å². The molecular weight excluding hydrogens is 371 g/mol. The lowest BCUT2D eigenvalue weighted by Gasteiger charge is -2.19. The number of ether oxygens (including phenoxy) is 2. The highest BCUT2D eigenvalue weighted by Crippen LogP contribution is 2.33. The Balaban J connectivity index is 1.70. The van der Waals surface area contributed by atoms with Crippen LogP contribution in [0.15, 0.2) is 36.4 Å². The molecule has 29 heavy (non-hydrogen) atoms. The molecule has 0 spiro atoms. The lowest BCUT2D eigenvalue weighted by atomic mass is 10.1. The summed E-state index contributed by atoms with van der Waals surface area (Å²) in [6.45, 7) is 1.88. The third-order valence-corrected chi connectivity index (χ3v) is 5.32. The zero-order valence-electron chi connectivity index (χ0n) is 17.5. The molecule has 0 radical (unpaired) electrons. The minimum atomic E-state index is -0.426. The van der Waals surface area contributed by atoms with Crippen LogP contribution in [0.3, 0.4) is 0 Å². The quantitative estimate of drug-likeness (QED) is 0.731. The Morgan fingerprint density at radius 1 is 1.14 bits per heavy atom. The molecule has 1 aliphatic rings. The average molecular weight is 400 g/mol. The first-order chi connectivity index (χ1) is 13.9. The maximum Gasteiger partial charge on any atom is 0.251 e. The molecule has 2 aromatic rings. The first kappa shape index (κ1) is 21.0. The number of methoxy groups -OCH3 is 1. The van der Waals surface area contributed by atoms with Crippen molar-refractivity contribution >= 4 is 11.6 Å². The van der Waals surface area contributed by atoms with Crippen LogP contribution in [0.1, 0.15) is 54.6 Å². The fraction of sp³-hybridized carbons (Fsp3) is 0.435.